The molecule has 1 unspecified atom stereocenters. The first-order chi connectivity index (χ1) is 6.56. The molecule has 0 aromatic rings. The Balaban J connectivity index is 2.51. The van der Waals surface area contributed by atoms with Crippen LogP contribution in [-0.4, -0.2) is 36.9 Å². The number of allylic oxidation sites excluding steroid dienone is 2. The first-order valence-corrected chi connectivity index (χ1v) is 4.88. The lowest BCUT2D eigenvalue weighted by atomic mass is 10.2. The summed E-state index contributed by atoms with van der Waals surface area (Å²) in [5.41, 5.74) is 1.06. The van der Waals surface area contributed by atoms with Gasteiger partial charge in [0.05, 0.1) is 20.0 Å². The Kier molecular flexibility index (Phi) is 3.42. The summed E-state index contributed by atoms with van der Waals surface area (Å²) in [4.78, 5) is 11.2. The SMILES string of the molecule is C=C/C=C\C(=C)C[N+]1(C)CCC(=O)C1. The molecule has 14 heavy (non-hydrogen) atoms. The summed E-state index contributed by atoms with van der Waals surface area (Å²) in [7, 11) is 2.11. The van der Waals surface area contributed by atoms with Gasteiger partial charge in [0, 0.05) is 0 Å². The van der Waals surface area contributed by atoms with Crippen molar-refractivity contribution in [2.24, 2.45) is 0 Å². The van der Waals surface area contributed by atoms with Gasteiger partial charge in [0.15, 0.2) is 5.78 Å². The van der Waals surface area contributed by atoms with E-state index in [2.05, 4.69) is 20.2 Å². The predicted molar refractivity (Wildman–Crippen MR) is 58.9 cm³/mol. The molecular formula is C12H18NO+. The summed E-state index contributed by atoms with van der Waals surface area (Å²) in [5, 5.41) is 0. The van der Waals surface area contributed by atoms with Gasteiger partial charge in [0.1, 0.15) is 13.1 Å². The van der Waals surface area contributed by atoms with E-state index >= 15 is 0 Å². The molecule has 2 nitrogen and oxygen atoms in total. The fraction of sp³-hybridized carbons (Fsp3) is 0.417. The first kappa shape index (κ1) is 10.9. The standard InChI is InChI=1S/C12H18NO/c1-4-5-6-11(2)9-13(3)8-7-12(14)10-13/h4-6H,1-2,7-10H2,3H3/q+1/b6-5-. The van der Waals surface area contributed by atoms with Crippen molar-refractivity contribution < 1.29 is 9.28 Å². The van der Waals surface area contributed by atoms with Gasteiger partial charge >= 0.3 is 0 Å². The molecule has 0 amide bonds. The van der Waals surface area contributed by atoms with Crippen molar-refractivity contribution in [3.05, 3.63) is 37.0 Å². The number of carbonyl (C=O) groups excluding carboxylic acids is 1. The first-order valence-electron chi connectivity index (χ1n) is 4.88. The van der Waals surface area contributed by atoms with Crippen LogP contribution in [0.25, 0.3) is 0 Å². The summed E-state index contributed by atoms with van der Waals surface area (Å²) < 4.78 is 0.805. The number of hydrogen-bond donors (Lipinski definition) is 0. The van der Waals surface area contributed by atoms with Gasteiger partial charge in [0.2, 0.25) is 0 Å². The number of quaternary nitrogens is 1. The van der Waals surface area contributed by atoms with Crippen LogP contribution in [0, 0.1) is 0 Å². The Labute approximate surface area is 85.8 Å². The molecular weight excluding hydrogens is 174 g/mol. The fourth-order valence-corrected chi connectivity index (χ4v) is 1.86. The molecule has 0 aromatic heterocycles. The van der Waals surface area contributed by atoms with Gasteiger partial charge in [-0.25, -0.2) is 0 Å². The Morgan fingerprint density at radius 1 is 1.64 bits per heavy atom. The molecule has 1 aliphatic rings. The van der Waals surface area contributed by atoms with E-state index in [1.165, 1.54) is 0 Å². The summed E-state index contributed by atoms with van der Waals surface area (Å²) in [6.07, 6.45) is 6.29. The third-order valence-electron chi connectivity index (χ3n) is 2.54. The average molecular weight is 192 g/mol. The predicted octanol–water partition coefficient (Wildman–Crippen LogP) is 1.70. The van der Waals surface area contributed by atoms with Gasteiger partial charge in [-0.3, -0.25) is 4.79 Å². The Hall–Kier alpha value is -1.15. The number of likely N-dealkylation sites (tertiary alicyclic amines) is 1. The van der Waals surface area contributed by atoms with Crippen LogP contribution in [0.2, 0.25) is 0 Å². The van der Waals surface area contributed by atoms with Crippen LogP contribution in [0.3, 0.4) is 0 Å². The Morgan fingerprint density at radius 2 is 2.36 bits per heavy atom. The van der Waals surface area contributed by atoms with E-state index in [0.29, 0.717) is 12.3 Å². The molecule has 1 atom stereocenters. The molecule has 0 N–H and O–H groups in total. The van der Waals surface area contributed by atoms with Crippen molar-refractivity contribution >= 4 is 5.78 Å². The Morgan fingerprint density at radius 3 is 2.86 bits per heavy atom. The number of nitrogens with zero attached hydrogens (tertiary/aromatic N) is 1. The van der Waals surface area contributed by atoms with E-state index < -0.39 is 0 Å². The lowest BCUT2D eigenvalue weighted by molar-refractivity contribution is -0.888. The molecule has 0 bridgehead atoms. The van der Waals surface area contributed by atoms with Crippen molar-refractivity contribution in [1.82, 2.24) is 0 Å². The number of carbonyl (C=O) groups is 1. The average Bonchev–Trinajstić information content (AvgIpc) is 2.42. The van der Waals surface area contributed by atoms with E-state index in [0.717, 1.165) is 29.6 Å². The minimum atomic E-state index is 0.369. The molecule has 0 saturated carbocycles. The molecule has 1 fully saturated rings. The maximum atomic E-state index is 11.2. The molecule has 1 saturated heterocycles. The van der Waals surface area contributed by atoms with Crippen LogP contribution >= 0.6 is 0 Å². The van der Waals surface area contributed by atoms with E-state index in [9.17, 15) is 4.79 Å². The van der Waals surface area contributed by atoms with Gasteiger partial charge in [-0.15, -0.1) is 0 Å². The normalized spacial score (nSPS) is 27.1. The highest BCUT2D eigenvalue weighted by molar-refractivity contribution is 5.81. The summed E-state index contributed by atoms with van der Waals surface area (Å²) >= 11 is 0. The summed E-state index contributed by atoms with van der Waals surface area (Å²) in [5.74, 6) is 0.369. The van der Waals surface area contributed by atoms with Crippen LogP contribution in [0.4, 0.5) is 0 Å². The molecule has 1 rings (SSSR count). The molecule has 0 aromatic carbocycles. The molecule has 76 valence electrons. The van der Waals surface area contributed by atoms with Gasteiger partial charge in [-0.2, -0.15) is 0 Å². The number of ketones is 1. The fourth-order valence-electron chi connectivity index (χ4n) is 1.86. The van der Waals surface area contributed by atoms with Crippen LogP contribution in [0.1, 0.15) is 6.42 Å². The molecule has 1 aliphatic heterocycles. The Bertz CT molecular complexity index is 291. The van der Waals surface area contributed by atoms with Crippen LogP contribution < -0.4 is 0 Å². The lowest BCUT2D eigenvalue weighted by Gasteiger charge is -2.28. The summed E-state index contributed by atoms with van der Waals surface area (Å²) in [6.45, 7) is 10.0. The van der Waals surface area contributed by atoms with Crippen molar-refractivity contribution in [2.45, 2.75) is 6.42 Å². The van der Waals surface area contributed by atoms with Crippen molar-refractivity contribution in [2.75, 3.05) is 26.7 Å². The number of rotatable bonds is 4. The minimum Gasteiger partial charge on any atom is -0.316 e. The van der Waals surface area contributed by atoms with E-state index in [1.807, 2.05) is 12.2 Å². The molecule has 2 heteroatoms. The monoisotopic (exact) mass is 192 g/mol. The second-order valence-electron chi connectivity index (χ2n) is 4.20. The minimum absolute atomic E-state index is 0.369. The largest absolute Gasteiger partial charge is 0.316 e. The van der Waals surface area contributed by atoms with Gasteiger partial charge < -0.3 is 4.48 Å². The zero-order valence-corrected chi connectivity index (χ0v) is 8.83. The number of hydrogen-bond acceptors (Lipinski definition) is 1. The highest BCUT2D eigenvalue weighted by atomic mass is 16.1. The van der Waals surface area contributed by atoms with Gasteiger partial charge in [-0.1, -0.05) is 31.4 Å². The third-order valence-corrected chi connectivity index (χ3v) is 2.54. The smallest absolute Gasteiger partial charge is 0.192 e. The molecule has 0 radical (unpaired) electrons. The highest BCUT2D eigenvalue weighted by Gasteiger charge is 2.32. The molecule has 1 heterocycles. The second-order valence-corrected chi connectivity index (χ2v) is 4.20. The maximum Gasteiger partial charge on any atom is 0.192 e. The van der Waals surface area contributed by atoms with E-state index in [-0.39, 0.29) is 0 Å². The molecule has 0 aliphatic carbocycles. The van der Waals surface area contributed by atoms with Gasteiger partial charge in [-0.05, 0) is 5.57 Å². The zero-order chi connectivity index (χ0) is 10.6. The molecule has 0 spiro atoms. The number of likely N-dealkylation sites (N-methyl/N-ethyl adjacent to an activating group) is 1. The maximum absolute atomic E-state index is 11.2. The topological polar surface area (TPSA) is 17.1 Å². The summed E-state index contributed by atoms with van der Waals surface area (Å²) in [6, 6.07) is 0. The lowest BCUT2D eigenvalue weighted by Crippen LogP contribution is -2.42. The van der Waals surface area contributed by atoms with E-state index in [1.54, 1.807) is 6.08 Å². The highest BCUT2D eigenvalue weighted by Crippen LogP contribution is 2.16. The van der Waals surface area contributed by atoms with E-state index in [4.69, 9.17) is 0 Å². The van der Waals surface area contributed by atoms with Crippen molar-refractivity contribution in [3.8, 4) is 0 Å². The van der Waals surface area contributed by atoms with Crippen molar-refractivity contribution in [3.63, 3.8) is 0 Å². The number of Topliss-reactive ketones (excluding diaryl/α,β-unsaturated/α-hetero) is 1. The van der Waals surface area contributed by atoms with Crippen LogP contribution in [0.5, 0.6) is 0 Å². The zero-order valence-electron chi connectivity index (χ0n) is 8.83. The second kappa shape index (κ2) is 4.38. The van der Waals surface area contributed by atoms with Crippen LogP contribution in [-0.2, 0) is 4.79 Å². The third kappa shape index (κ3) is 2.96. The van der Waals surface area contributed by atoms with Crippen molar-refractivity contribution in [1.29, 1.82) is 0 Å². The van der Waals surface area contributed by atoms with Crippen LogP contribution in [0.15, 0.2) is 37.0 Å². The quantitative estimate of drug-likeness (QED) is 0.489. The van der Waals surface area contributed by atoms with Gasteiger partial charge in [0.25, 0.3) is 0 Å².